The van der Waals surface area contributed by atoms with E-state index in [0.717, 1.165) is 21.2 Å². The number of rotatable bonds is 7. The number of carbonyl (C=O) groups excluding carboxylic acids is 1. The van der Waals surface area contributed by atoms with E-state index in [9.17, 15) is 13.2 Å². The minimum absolute atomic E-state index is 0.163. The summed E-state index contributed by atoms with van der Waals surface area (Å²) < 4.78 is 27.9. The van der Waals surface area contributed by atoms with Crippen LogP contribution < -0.4 is 10.0 Å². The molecular weight excluding hydrogens is 440 g/mol. The largest absolute Gasteiger partial charge is 0.325 e. The number of hydrogen-bond acceptors (Lipinski definition) is 4. The van der Waals surface area contributed by atoms with E-state index >= 15 is 0 Å². The second-order valence-electron chi connectivity index (χ2n) is 7.29. The van der Waals surface area contributed by atoms with Crippen LogP contribution in [0, 0.1) is 6.92 Å². The smallest absolute Gasteiger partial charge is 0.261 e. The molecule has 0 aliphatic carbocycles. The first-order valence-electron chi connectivity index (χ1n) is 10.0. The minimum atomic E-state index is -3.71. The monoisotopic (exact) mass is 462 g/mol. The van der Waals surface area contributed by atoms with E-state index in [2.05, 4.69) is 22.2 Å². The Kier molecular flexibility index (Phi) is 6.48. The highest BCUT2D eigenvalue weighted by Gasteiger charge is 2.15. The van der Waals surface area contributed by atoms with Gasteiger partial charge in [0.15, 0.2) is 0 Å². The van der Waals surface area contributed by atoms with Crippen LogP contribution in [0.25, 0.3) is 10.8 Å². The van der Waals surface area contributed by atoms with E-state index in [1.54, 1.807) is 36.4 Å². The molecule has 0 radical (unpaired) electrons. The van der Waals surface area contributed by atoms with Crippen molar-refractivity contribution in [2.75, 3.05) is 15.8 Å². The predicted octanol–water partition coefficient (Wildman–Crippen LogP) is 5.68. The van der Waals surface area contributed by atoms with Gasteiger partial charge in [-0.15, -0.1) is 11.8 Å². The lowest BCUT2D eigenvalue weighted by Gasteiger charge is -2.13. The van der Waals surface area contributed by atoms with Crippen molar-refractivity contribution in [1.29, 1.82) is 0 Å². The molecule has 4 rings (SSSR count). The zero-order valence-electron chi connectivity index (χ0n) is 17.4. The van der Waals surface area contributed by atoms with Crippen LogP contribution in [0.3, 0.4) is 0 Å². The van der Waals surface area contributed by atoms with Crippen molar-refractivity contribution in [3.05, 3.63) is 96.6 Å². The molecule has 0 aliphatic heterocycles. The van der Waals surface area contributed by atoms with Crippen molar-refractivity contribution in [3.8, 4) is 0 Å². The summed E-state index contributed by atoms with van der Waals surface area (Å²) in [6.45, 7) is 1.81. The quantitative estimate of drug-likeness (QED) is 0.347. The average molecular weight is 463 g/mol. The molecule has 0 heterocycles. The lowest BCUT2D eigenvalue weighted by molar-refractivity contribution is -0.113. The molecule has 0 atom stereocenters. The number of anilines is 2. The molecule has 7 heteroatoms. The first-order chi connectivity index (χ1) is 15.4. The van der Waals surface area contributed by atoms with Crippen molar-refractivity contribution in [1.82, 2.24) is 0 Å². The number of nitrogens with one attached hydrogen (secondary N) is 2. The van der Waals surface area contributed by atoms with Crippen molar-refractivity contribution >= 4 is 49.8 Å². The summed E-state index contributed by atoms with van der Waals surface area (Å²) in [7, 11) is -3.71. The summed E-state index contributed by atoms with van der Waals surface area (Å²) in [6, 6.07) is 27.5. The topological polar surface area (TPSA) is 75.3 Å². The number of hydrogen-bond donors (Lipinski definition) is 2. The molecule has 4 aromatic rings. The zero-order chi connectivity index (χ0) is 22.6. The van der Waals surface area contributed by atoms with Gasteiger partial charge in [-0.25, -0.2) is 8.42 Å². The maximum atomic E-state index is 12.6. The Bertz CT molecular complexity index is 1370. The Hall–Kier alpha value is -3.29. The maximum Gasteiger partial charge on any atom is 0.261 e. The van der Waals surface area contributed by atoms with Crippen LogP contribution >= 0.6 is 11.8 Å². The van der Waals surface area contributed by atoms with E-state index in [1.165, 1.54) is 23.9 Å². The fourth-order valence-corrected chi connectivity index (χ4v) is 5.10. The van der Waals surface area contributed by atoms with E-state index < -0.39 is 10.0 Å². The molecule has 0 unspecified atom stereocenters. The number of aryl methyl sites for hydroxylation is 1. The maximum absolute atomic E-state index is 12.6. The Morgan fingerprint density at radius 2 is 1.56 bits per heavy atom. The second-order valence-corrected chi connectivity index (χ2v) is 10.0. The fraction of sp³-hybridized carbons (Fsp3) is 0.0800. The standard InChI is InChI=1S/C25H22N2O3S2/c1-18-11-13-21(16-24(18)27-32(29,30)23-9-3-2-4-10-23)26-25(28)17-31-22-14-12-19-7-5-6-8-20(19)15-22/h2-16,27H,17H2,1H3,(H,26,28). The van der Waals surface area contributed by atoms with Crippen LogP contribution in [0.4, 0.5) is 11.4 Å². The molecule has 32 heavy (non-hydrogen) atoms. The van der Waals surface area contributed by atoms with Gasteiger partial charge >= 0.3 is 0 Å². The van der Waals surface area contributed by atoms with Gasteiger partial charge in [0.05, 0.1) is 16.3 Å². The molecule has 0 spiro atoms. The minimum Gasteiger partial charge on any atom is -0.325 e. The molecule has 0 fully saturated rings. The molecule has 0 aliphatic rings. The first kappa shape index (κ1) is 21.9. The summed E-state index contributed by atoms with van der Waals surface area (Å²) in [6.07, 6.45) is 0. The summed E-state index contributed by atoms with van der Waals surface area (Å²) in [5, 5.41) is 5.14. The molecule has 0 aromatic heterocycles. The van der Waals surface area contributed by atoms with Gasteiger partial charge in [-0.05, 0) is 59.7 Å². The number of thioether (sulfide) groups is 1. The number of fused-ring (bicyclic) bond motifs is 1. The van der Waals surface area contributed by atoms with Gasteiger partial charge in [-0.2, -0.15) is 0 Å². The summed E-state index contributed by atoms with van der Waals surface area (Å²) >= 11 is 1.45. The van der Waals surface area contributed by atoms with Crippen molar-refractivity contribution in [2.45, 2.75) is 16.7 Å². The molecule has 5 nitrogen and oxygen atoms in total. The van der Waals surface area contributed by atoms with Gasteiger partial charge in [0.2, 0.25) is 5.91 Å². The predicted molar refractivity (Wildman–Crippen MR) is 132 cm³/mol. The van der Waals surface area contributed by atoms with Crippen LogP contribution in [0.1, 0.15) is 5.56 Å². The molecule has 1 amide bonds. The van der Waals surface area contributed by atoms with Crippen molar-refractivity contribution in [3.63, 3.8) is 0 Å². The number of sulfonamides is 1. The normalized spacial score (nSPS) is 11.3. The highest BCUT2D eigenvalue weighted by atomic mass is 32.2. The number of benzene rings is 4. The van der Waals surface area contributed by atoms with Gasteiger partial charge in [0, 0.05) is 10.6 Å². The Morgan fingerprint density at radius 1 is 0.844 bits per heavy atom. The second kappa shape index (κ2) is 9.46. The Labute approximate surface area is 191 Å². The lowest BCUT2D eigenvalue weighted by atomic mass is 10.1. The third kappa shape index (κ3) is 5.30. The number of amides is 1. The molecular formula is C25H22N2O3S2. The van der Waals surface area contributed by atoms with Crippen molar-refractivity contribution < 1.29 is 13.2 Å². The van der Waals surface area contributed by atoms with E-state index in [0.29, 0.717) is 11.4 Å². The highest BCUT2D eigenvalue weighted by molar-refractivity contribution is 8.00. The zero-order valence-corrected chi connectivity index (χ0v) is 19.0. The summed E-state index contributed by atoms with van der Waals surface area (Å²) in [5.74, 6) is 0.0842. The lowest BCUT2D eigenvalue weighted by Crippen LogP contribution is -2.16. The van der Waals surface area contributed by atoms with Gasteiger partial charge in [-0.3, -0.25) is 9.52 Å². The Morgan fingerprint density at radius 3 is 2.34 bits per heavy atom. The fourth-order valence-electron chi connectivity index (χ4n) is 3.22. The van der Waals surface area contributed by atoms with E-state index in [4.69, 9.17) is 0 Å². The molecule has 4 aromatic carbocycles. The SMILES string of the molecule is Cc1ccc(NC(=O)CSc2ccc3ccccc3c2)cc1NS(=O)(=O)c1ccccc1. The van der Waals surface area contributed by atoms with Crippen LogP contribution in [0.2, 0.25) is 0 Å². The van der Waals surface area contributed by atoms with Gasteiger partial charge in [0.1, 0.15) is 0 Å². The van der Waals surface area contributed by atoms with Gasteiger partial charge in [-0.1, -0.05) is 54.6 Å². The van der Waals surface area contributed by atoms with Crippen molar-refractivity contribution in [2.24, 2.45) is 0 Å². The van der Waals surface area contributed by atoms with E-state index in [-0.39, 0.29) is 16.6 Å². The summed E-state index contributed by atoms with van der Waals surface area (Å²) in [4.78, 5) is 13.7. The van der Waals surface area contributed by atoms with Gasteiger partial charge < -0.3 is 5.32 Å². The Balaban J connectivity index is 1.42. The molecule has 0 saturated carbocycles. The average Bonchev–Trinajstić information content (AvgIpc) is 2.80. The molecule has 2 N–H and O–H groups in total. The van der Waals surface area contributed by atoms with Crippen LogP contribution in [0.15, 0.2) is 101 Å². The van der Waals surface area contributed by atoms with Crippen LogP contribution in [-0.4, -0.2) is 20.1 Å². The summed E-state index contributed by atoms with van der Waals surface area (Å²) in [5.41, 5.74) is 1.72. The van der Waals surface area contributed by atoms with Crippen LogP contribution in [0.5, 0.6) is 0 Å². The molecule has 0 bridgehead atoms. The third-order valence-corrected chi connectivity index (χ3v) is 7.29. The first-order valence-corrected chi connectivity index (χ1v) is 12.5. The van der Waals surface area contributed by atoms with Gasteiger partial charge in [0.25, 0.3) is 10.0 Å². The number of carbonyl (C=O) groups is 1. The molecule has 162 valence electrons. The highest BCUT2D eigenvalue weighted by Crippen LogP contribution is 2.26. The van der Waals surface area contributed by atoms with E-state index in [1.807, 2.05) is 37.3 Å². The molecule has 0 saturated heterocycles. The third-order valence-electron chi connectivity index (χ3n) is 4.91. The van der Waals surface area contributed by atoms with Crippen LogP contribution in [-0.2, 0) is 14.8 Å².